The van der Waals surface area contributed by atoms with Crippen molar-refractivity contribution in [2.24, 2.45) is 0 Å². The maximum absolute atomic E-state index is 0. The summed E-state index contributed by atoms with van der Waals surface area (Å²) in [7, 11) is 0. The van der Waals surface area contributed by atoms with Crippen LogP contribution in [0.3, 0.4) is 0 Å². The zero-order valence-corrected chi connectivity index (χ0v) is 7.96. The number of hydrogen-bond donors (Lipinski definition) is 0. The van der Waals surface area contributed by atoms with Gasteiger partial charge in [-0.2, -0.15) is 0 Å². The summed E-state index contributed by atoms with van der Waals surface area (Å²) < 4.78 is 0. The second-order valence-corrected chi connectivity index (χ2v) is 0. The van der Waals surface area contributed by atoms with Crippen LogP contribution >= 0.6 is 48.0 Å². The molecule has 0 spiro atoms. The molecule has 0 nitrogen and oxygen atoms in total. The van der Waals surface area contributed by atoms with E-state index in [0.29, 0.717) is 0 Å². The molecule has 0 aromatic rings. The van der Waals surface area contributed by atoms with Gasteiger partial charge in [-0.15, -0.1) is 48.0 Å². The predicted molar refractivity (Wildman–Crippen MR) is 30.8 cm³/mol. The van der Waals surface area contributed by atoms with Crippen LogP contribution < -0.4 is 0 Å². The van der Waals surface area contributed by atoms with E-state index >= 15 is 0 Å². The first-order valence-electron chi connectivity index (χ1n) is 0. The summed E-state index contributed by atoms with van der Waals surface area (Å²) >= 11 is 0. The third kappa shape index (κ3) is 8.82. The van der Waals surface area contributed by atoms with Crippen molar-refractivity contribution in [3.63, 3.8) is 0 Å². The van der Waals surface area contributed by atoms with E-state index in [0.717, 1.165) is 0 Å². The zero-order chi connectivity index (χ0) is 0. The third-order valence-corrected chi connectivity index (χ3v) is 0. The van der Waals surface area contributed by atoms with Gasteiger partial charge in [0.2, 0.25) is 0 Å². The van der Waals surface area contributed by atoms with Crippen molar-refractivity contribution in [1.82, 2.24) is 0 Å². The molecule has 38 valence electrons. The largest absolute Gasteiger partial charge is 0.107 e. The zero-order valence-electron chi connectivity index (χ0n) is 1.42. The first-order valence-corrected chi connectivity index (χ1v) is 0. The molecule has 0 aliphatic rings. The van der Waals surface area contributed by atoms with E-state index in [9.17, 15) is 0 Å². The van der Waals surface area contributed by atoms with E-state index in [1.54, 1.807) is 0 Å². The van der Waals surface area contributed by atoms with E-state index < -0.39 is 0 Å². The molecule has 0 atom stereocenters. The SMILES string of the molecule is I.I.[Cu].[Cu]. The molecule has 0 saturated heterocycles. The van der Waals surface area contributed by atoms with Crippen LogP contribution in [0.2, 0.25) is 0 Å². The summed E-state index contributed by atoms with van der Waals surface area (Å²) in [5, 5.41) is 0. The first-order chi connectivity index (χ1) is 0. The van der Waals surface area contributed by atoms with Crippen molar-refractivity contribution in [1.29, 1.82) is 0 Å². The summed E-state index contributed by atoms with van der Waals surface area (Å²) in [6, 6.07) is 0. The van der Waals surface area contributed by atoms with Crippen molar-refractivity contribution in [2.75, 3.05) is 0 Å². The Hall–Kier alpha value is 2.50. The fourth-order valence-electron chi connectivity index (χ4n) is 0. The number of hydrogen-bond acceptors (Lipinski definition) is 0. The molecule has 0 N–H and O–H groups in total. The van der Waals surface area contributed by atoms with E-state index in [-0.39, 0.29) is 82.1 Å². The van der Waals surface area contributed by atoms with Gasteiger partial charge in [0.25, 0.3) is 0 Å². The minimum atomic E-state index is 0. The maximum atomic E-state index is 0. The second-order valence-electron chi connectivity index (χ2n) is 0. The molecular weight excluding hydrogens is 381 g/mol. The average molecular weight is 383 g/mol. The fourth-order valence-corrected chi connectivity index (χ4v) is 0. The normalized spacial score (nSPS) is 0. The number of halogens is 2. The summed E-state index contributed by atoms with van der Waals surface area (Å²) in [4.78, 5) is 0. The molecule has 0 saturated carbocycles. The minimum absolute atomic E-state index is 0. The van der Waals surface area contributed by atoms with Gasteiger partial charge in [-0.05, 0) is 0 Å². The summed E-state index contributed by atoms with van der Waals surface area (Å²) in [5.74, 6) is 0. The van der Waals surface area contributed by atoms with Crippen LogP contribution in [-0.4, -0.2) is 0 Å². The standard InChI is InChI=1S/2Cu.2HI/h;;2*1H. The van der Waals surface area contributed by atoms with Crippen molar-refractivity contribution in [3.8, 4) is 0 Å². The fraction of sp³-hybridized carbons (Fsp3) is 0. The van der Waals surface area contributed by atoms with Crippen LogP contribution in [0.1, 0.15) is 0 Å². The van der Waals surface area contributed by atoms with Crippen LogP contribution in [0.4, 0.5) is 0 Å². The molecule has 0 amide bonds. The predicted octanol–water partition coefficient (Wildman–Crippen LogP) is 1.23. The van der Waals surface area contributed by atoms with Crippen LogP contribution in [-0.2, 0) is 34.1 Å². The van der Waals surface area contributed by atoms with Gasteiger partial charge in [-0.25, -0.2) is 0 Å². The maximum Gasteiger partial charge on any atom is 0 e. The van der Waals surface area contributed by atoms with Crippen LogP contribution in [0.15, 0.2) is 0 Å². The first kappa shape index (κ1) is 31.5. The molecular formula is H2Cu2I2. The van der Waals surface area contributed by atoms with E-state index in [2.05, 4.69) is 0 Å². The Morgan fingerprint density at radius 3 is 0.500 bits per heavy atom. The van der Waals surface area contributed by atoms with Crippen molar-refractivity contribution in [2.45, 2.75) is 0 Å². The Bertz CT molecular complexity index is 4.00. The van der Waals surface area contributed by atoms with Crippen molar-refractivity contribution in [3.05, 3.63) is 0 Å². The van der Waals surface area contributed by atoms with Crippen LogP contribution in [0, 0.1) is 0 Å². The second kappa shape index (κ2) is 17.8. The minimum Gasteiger partial charge on any atom is -0.107 e. The van der Waals surface area contributed by atoms with Gasteiger partial charge in [-0.3, -0.25) is 0 Å². The quantitative estimate of drug-likeness (QED) is 0.437. The van der Waals surface area contributed by atoms with Gasteiger partial charge in [0.1, 0.15) is 0 Å². The Balaban J connectivity index is 0. The number of rotatable bonds is 0. The molecule has 0 aliphatic carbocycles. The molecule has 0 fully saturated rings. The van der Waals surface area contributed by atoms with E-state index in [4.69, 9.17) is 0 Å². The Kier molecular flexibility index (Phi) is 140. The van der Waals surface area contributed by atoms with Gasteiger partial charge in [-0.1, -0.05) is 0 Å². The molecule has 0 unspecified atom stereocenters. The molecule has 0 aromatic carbocycles. The molecule has 0 rings (SSSR count). The van der Waals surface area contributed by atoms with Crippen molar-refractivity contribution >= 4 is 48.0 Å². The Morgan fingerprint density at radius 2 is 0.500 bits per heavy atom. The van der Waals surface area contributed by atoms with Crippen molar-refractivity contribution < 1.29 is 34.1 Å². The van der Waals surface area contributed by atoms with Crippen LogP contribution in [0.25, 0.3) is 0 Å². The topological polar surface area (TPSA) is 0 Å². The molecule has 4 heteroatoms. The molecule has 0 aromatic heterocycles. The van der Waals surface area contributed by atoms with Gasteiger partial charge >= 0.3 is 0 Å². The third-order valence-electron chi connectivity index (χ3n) is 0. The smallest absolute Gasteiger partial charge is 0 e. The average Bonchev–Trinajstić information content (AvgIpc) is 0. The Labute approximate surface area is 80.8 Å². The monoisotopic (exact) mass is 382 g/mol. The molecule has 4 heavy (non-hydrogen) atoms. The van der Waals surface area contributed by atoms with Gasteiger partial charge in [0, 0.05) is 34.1 Å². The van der Waals surface area contributed by atoms with E-state index in [1.165, 1.54) is 0 Å². The van der Waals surface area contributed by atoms with E-state index in [1.807, 2.05) is 0 Å². The van der Waals surface area contributed by atoms with Crippen LogP contribution in [0.5, 0.6) is 0 Å². The Morgan fingerprint density at radius 1 is 0.500 bits per heavy atom. The molecule has 2 radical (unpaired) electrons. The van der Waals surface area contributed by atoms with Gasteiger partial charge in [0.05, 0.1) is 0 Å². The molecule has 0 aliphatic heterocycles. The summed E-state index contributed by atoms with van der Waals surface area (Å²) in [6.45, 7) is 0. The summed E-state index contributed by atoms with van der Waals surface area (Å²) in [6.07, 6.45) is 0. The van der Waals surface area contributed by atoms with Gasteiger partial charge in [0.15, 0.2) is 0 Å². The summed E-state index contributed by atoms with van der Waals surface area (Å²) in [5.41, 5.74) is 0. The molecule has 0 heterocycles. The molecule has 0 bridgehead atoms. The van der Waals surface area contributed by atoms with Gasteiger partial charge < -0.3 is 0 Å².